The van der Waals surface area contributed by atoms with Crippen LogP contribution in [0, 0.1) is 10.1 Å². The molecule has 1 aromatic carbocycles. The molecule has 1 rings (SSSR count). The fourth-order valence-electron chi connectivity index (χ4n) is 1.49. The molecule has 0 spiro atoms. The van der Waals surface area contributed by atoms with Gasteiger partial charge in [0.15, 0.2) is 0 Å². The lowest BCUT2D eigenvalue weighted by Gasteiger charge is -2.22. The second-order valence-electron chi connectivity index (χ2n) is 4.38. The number of nitrogens with zero attached hydrogens (tertiary/aromatic N) is 2. The number of hydrazone groups is 1. The van der Waals surface area contributed by atoms with Crippen molar-refractivity contribution >= 4 is 17.6 Å². The lowest BCUT2D eigenvalue weighted by Crippen LogP contribution is -2.44. The summed E-state index contributed by atoms with van der Waals surface area (Å²) in [7, 11) is 0. The molecule has 9 nitrogen and oxygen atoms in total. The number of hydrogen-bond donors (Lipinski definition) is 5. The van der Waals surface area contributed by atoms with Crippen LogP contribution in [0.3, 0.4) is 0 Å². The van der Waals surface area contributed by atoms with Gasteiger partial charge in [-0.2, -0.15) is 5.10 Å². The highest BCUT2D eigenvalue weighted by Gasteiger charge is 2.27. The number of rotatable bonds is 7. The number of hydrogen-bond acceptors (Lipinski definition) is 8. The van der Waals surface area contributed by atoms with Crippen LogP contribution >= 0.6 is 0 Å². The molecule has 1 aromatic rings. The Morgan fingerprint density at radius 3 is 2.43 bits per heavy atom. The van der Waals surface area contributed by atoms with Crippen LogP contribution in [0.1, 0.15) is 6.92 Å². The molecule has 0 heterocycles. The van der Waals surface area contributed by atoms with Gasteiger partial charge in [0.05, 0.1) is 17.2 Å². The maximum atomic E-state index is 10.8. The average Bonchev–Trinajstić information content (AvgIpc) is 2.45. The quantitative estimate of drug-likeness (QED) is 0.258. The first-order valence-corrected chi connectivity index (χ1v) is 6.09. The molecule has 116 valence electrons. The molecule has 0 bridgehead atoms. The molecule has 4 atom stereocenters. The van der Waals surface area contributed by atoms with E-state index in [2.05, 4.69) is 10.5 Å². The molecule has 0 saturated carbocycles. The van der Waals surface area contributed by atoms with Gasteiger partial charge in [0, 0.05) is 6.07 Å². The van der Waals surface area contributed by atoms with Crippen molar-refractivity contribution in [3.63, 3.8) is 0 Å². The van der Waals surface area contributed by atoms with Gasteiger partial charge in [0.1, 0.15) is 24.0 Å². The Balaban J connectivity index is 2.69. The fourth-order valence-corrected chi connectivity index (χ4v) is 1.49. The minimum Gasteiger partial charge on any atom is -0.391 e. The summed E-state index contributed by atoms with van der Waals surface area (Å²) in [5.41, 5.74) is 2.27. The van der Waals surface area contributed by atoms with Gasteiger partial charge in [-0.15, -0.1) is 0 Å². The summed E-state index contributed by atoms with van der Waals surface area (Å²) in [5, 5.41) is 51.8. The maximum Gasteiger partial charge on any atom is 0.294 e. The second-order valence-corrected chi connectivity index (χ2v) is 4.38. The number of nitro benzene ring substituents is 1. The van der Waals surface area contributed by atoms with Crippen molar-refractivity contribution in [2.45, 2.75) is 31.3 Å². The fraction of sp³-hybridized carbons (Fsp3) is 0.417. The monoisotopic (exact) mass is 299 g/mol. The van der Waals surface area contributed by atoms with Crippen molar-refractivity contribution in [1.29, 1.82) is 0 Å². The number of para-hydroxylation sites is 2. The zero-order chi connectivity index (χ0) is 16.0. The van der Waals surface area contributed by atoms with Crippen LogP contribution in [-0.2, 0) is 0 Å². The van der Waals surface area contributed by atoms with E-state index in [9.17, 15) is 25.4 Å². The molecule has 0 aromatic heterocycles. The number of nitrogens with one attached hydrogen (secondary N) is 1. The van der Waals surface area contributed by atoms with E-state index in [-0.39, 0.29) is 11.4 Å². The summed E-state index contributed by atoms with van der Waals surface area (Å²) in [4.78, 5) is 10.2. The number of aliphatic hydroxyl groups excluding tert-OH is 4. The number of nitro groups is 1. The summed E-state index contributed by atoms with van der Waals surface area (Å²) in [5.74, 6) is 0. The van der Waals surface area contributed by atoms with Crippen molar-refractivity contribution in [2.24, 2.45) is 5.10 Å². The number of anilines is 1. The number of benzene rings is 1. The Hall–Kier alpha value is -2.07. The molecule has 0 fully saturated rings. The summed E-state index contributed by atoms with van der Waals surface area (Å²) >= 11 is 0. The lowest BCUT2D eigenvalue weighted by molar-refractivity contribution is -0.384. The summed E-state index contributed by atoms with van der Waals surface area (Å²) in [6, 6.07) is 5.75. The Morgan fingerprint density at radius 2 is 1.86 bits per heavy atom. The van der Waals surface area contributed by atoms with E-state index in [1.165, 1.54) is 25.1 Å². The van der Waals surface area contributed by atoms with Gasteiger partial charge in [-0.1, -0.05) is 12.1 Å². The Bertz CT molecular complexity index is 508. The zero-order valence-electron chi connectivity index (χ0n) is 11.2. The highest BCUT2D eigenvalue weighted by molar-refractivity contribution is 5.67. The number of aliphatic hydroxyl groups is 4. The van der Waals surface area contributed by atoms with Crippen LogP contribution in [0.4, 0.5) is 11.4 Å². The summed E-state index contributed by atoms with van der Waals surface area (Å²) < 4.78 is 0. The molecular weight excluding hydrogens is 282 g/mol. The van der Waals surface area contributed by atoms with Crippen molar-refractivity contribution in [1.82, 2.24) is 0 Å². The maximum absolute atomic E-state index is 10.8. The highest BCUT2D eigenvalue weighted by atomic mass is 16.6. The zero-order valence-corrected chi connectivity index (χ0v) is 11.2. The van der Waals surface area contributed by atoms with Crippen molar-refractivity contribution in [3.05, 3.63) is 34.4 Å². The minimum atomic E-state index is -1.64. The largest absolute Gasteiger partial charge is 0.391 e. The van der Waals surface area contributed by atoms with Crippen molar-refractivity contribution in [2.75, 3.05) is 5.43 Å². The van der Waals surface area contributed by atoms with Crippen molar-refractivity contribution < 1.29 is 25.3 Å². The van der Waals surface area contributed by atoms with Gasteiger partial charge in [-0.3, -0.25) is 15.5 Å². The van der Waals surface area contributed by atoms with E-state index >= 15 is 0 Å². The van der Waals surface area contributed by atoms with E-state index < -0.39 is 29.3 Å². The van der Waals surface area contributed by atoms with Crippen LogP contribution in [0.25, 0.3) is 0 Å². The third-order valence-corrected chi connectivity index (χ3v) is 2.71. The van der Waals surface area contributed by atoms with Gasteiger partial charge in [0.25, 0.3) is 5.69 Å². The van der Waals surface area contributed by atoms with E-state index in [4.69, 9.17) is 5.11 Å². The molecule has 0 aliphatic rings. The van der Waals surface area contributed by atoms with Crippen molar-refractivity contribution in [3.8, 4) is 0 Å². The molecule has 21 heavy (non-hydrogen) atoms. The Kier molecular flexibility index (Phi) is 6.18. The molecule has 0 saturated heterocycles. The molecular formula is C12H17N3O6. The van der Waals surface area contributed by atoms with Gasteiger partial charge in [-0.25, -0.2) is 0 Å². The molecule has 0 amide bonds. The molecule has 0 aliphatic heterocycles. The van der Waals surface area contributed by atoms with E-state index in [1.54, 1.807) is 6.07 Å². The van der Waals surface area contributed by atoms with Gasteiger partial charge >= 0.3 is 0 Å². The predicted molar refractivity (Wildman–Crippen MR) is 74.9 cm³/mol. The normalized spacial score (nSPS) is 17.2. The SMILES string of the molecule is C[C@H](O)[C@H](O)[C@H](O)[C@@H](O)/C=N\Nc1ccccc1[N+](=O)[O-]. The predicted octanol–water partition coefficient (Wildman–Crippen LogP) is -0.544. The van der Waals surface area contributed by atoms with Crippen LogP contribution < -0.4 is 5.43 Å². The average molecular weight is 299 g/mol. The smallest absolute Gasteiger partial charge is 0.294 e. The molecule has 0 radical (unpaired) electrons. The van der Waals surface area contributed by atoms with E-state index in [0.29, 0.717) is 0 Å². The molecule has 5 N–H and O–H groups in total. The second kappa shape index (κ2) is 7.64. The van der Waals surface area contributed by atoms with Gasteiger partial charge in [-0.05, 0) is 13.0 Å². The van der Waals surface area contributed by atoms with Gasteiger partial charge < -0.3 is 20.4 Å². The lowest BCUT2D eigenvalue weighted by atomic mass is 10.1. The molecule has 0 unspecified atom stereocenters. The highest BCUT2D eigenvalue weighted by Crippen LogP contribution is 2.22. The van der Waals surface area contributed by atoms with Crippen LogP contribution in [0.5, 0.6) is 0 Å². The standard InChI is InChI=1S/C12H17N3O6/c1-7(16)11(18)12(19)10(17)6-13-14-8-4-2-3-5-9(8)15(20)21/h2-7,10-12,14,16-19H,1H3/b13-6-/t7-,10-,11-,12+/m0/s1. The first kappa shape index (κ1) is 17.0. The third-order valence-electron chi connectivity index (χ3n) is 2.71. The topological polar surface area (TPSA) is 148 Å². The molecule has 0 aliphatic carbocycles. The summed E-state index contributed by atoms with van der Waals surface area (Å²) in [6.45, 7) is 1.25. The van der Waals surface area contributed by atoms with Crippen LogP contribution in [0.2, 0.25) is 0 Å². The van der Waals surface area contributed by atoms with Crippen LogP contribution in [-0.4, -0.2) is 56.0 Å². The molecule has 9 heteroatoms. The van der Waals surface area contributed by atoms with Crippen LogP contribution in [0.15, 0.2) is 29.4 Å². The Morgan fingerprint density at radius 1 is 1.24 bits per heavy atom. The Labute approximate surface area is 120 Å². The minimum absolute atomic E-state index is 0.108. The van der Waals surface area contributed by atoms with E-state index in [1.807, 2.05) is 0 Å². The van der Waals surface area contributed by atoms with Gasteiger partial charge in [0.2, 0.25) is 0 Å². The van der Waals surface area contributed by atoms with E-state index in [0.717, 1.165) is 6.21 Å². The third kappa shape index (κ3) is 4.76. The summed E-state index contributed by atoms with van der Waals surface area (Å²) in [6.07, 6.45) is -5.09. The first-order chi connectivity index (χ1) is 9.84. The first-order valence-electron chi connectivity index (χ1n) is 6.09.